The van der Waals surface area contributed by atoms with Crippen LogP contribution in [-0.2, 0) is 0 Å². The van der Waals surface area contributed by atoms with E-state index < -0.39 is 8.07 Å². The van der Waals surface area contributed by atoms with Crippen molar-refractivity contribution in [3.8, 4) is 0 Å². The molecule has 0 aliphatic heterocycles. The molecular formula is C11H18SSi. The first-order chi connectivity index (χ1) is 6.00. The molecule has 0 radical (unpaired) electrons. The maximum absolute atomic E-state index is 2.42. The average Bonchev–Trinajstić information content (AvgIpc) is 2.04. The van der Waals surface area contributed by atoms with Crippen molar-refractivity contribution in [1.82, 2.24) is 0 Å². The second-order valence-electron chi connectivity index (χ2n) is 4.44. The van der Waals surface area contributed by atoms with Gasteiger partial charge < -0.3 is 0 Å². The van der Waals surface area contributed by atoms with Crippen LogP contribution in [0.5, 0.6) is 0 Å². The van der Waals surface area contributed by atoms with Crippen LogP contribution in [0, 0.1) is 0 Å². The summed E-state index contributed by atoms with van der Waals surface area (Å²) >= 11 is 2.01. The molecule has 0 spiro atoms. The van der Waals surface area contributed by atoms with Crippen molar-refractivity contribution in [3.63, 3.8) is 0 Å². The Balaban J connectivity index is 2.61. The van der Waals surface area contributed by atoms with Gasteiger partial charge in [0, 0.05) is 9.77 Å². The first-order valence-corrected chi connectivity index (χ1v) is 9.17. The Kier molecular flexibility index (Phi) is 3.62. The third-order valence-corrected chi connectivity index (χ3v) is 8.09. The van der Waals surface area contributed by atoms with Gasteiger partial charge >= 0.3 is 0 Å². The molecule has 1 aromatic rings. The van der Waals surface area contributed by atoms with Gasteiger partial charge in [0.2, 0.25) is 0 Å². The lowest BCUT2D eigenvalue weighted by Crippen LogP contribution is -2.32. The highest BCUT2D eigenvalue weighted by Crippen LogP contribution is 2.28. The van der Waals surface area contributed by atoms with Gasteiger partial charge in [-0.15, -0.1) is 11.8 Å². The molecule has 1 aromatic carbocycles. The largest absolute Gasteiger partial charge is 0.126 e. The fourth-order valence-electron chi connectivity index (χ4n) is 0.880. The molecule has 0 saturated carbocycles. The molecule has 0 amide bonds. The standard InChI is InChI=1S/C11H18SSi/c1-10(13(2,3)4)12-11-8-6-5-7-9-11/h5-10H,1-4H3. The third kappa shape index (κ3) is 3.57. The molecule has 0 aliphatic rings. The lowest BCUT2D eigenvalue weighted by molar-refractivity contribution is 1.28. The van der Waals surface area contributed by atoms with E-state index in [9.17, 15) is 0 Å². The van der Waals surface area contributed by atoms with Gasteiger partial charge in [-0.25, -0.2) is 0 Å². The number of hydrogen-bond donors (Lipinski definition) is 0. The van der Waals surface area contributed by atoms with Gasteiger partial charge in [-0.3, -0.25) is 0 Å². The Morgan fingerprint density at radius 2 is 1.62 bits per heavy atom. The molecule has 0 bridgehead atoms. The van der Waals surface area contributed by atoms with Crippen molar-refractivity contribution >= 4 is 19.8 Å². The van der Waals surface area contributed by atoms with Crippen LogP contribution in [-0.4, -0.2) is 12.9 Å². The van der Waals surface area contributed by atoms with E-state index in [-0.39, 0.29) is 0 Å². The van der Waals surface area contributed by atoms with E-state index in [4.69, 9.17) is 0 Å². The summed E-state index contributed by atoms with van der Waals surface area (Å²) in [5.74, 6) is 0. The van der Waals surface area contributed by atoms with Crippen molar-refractivity contribution in [1.29, 1.82) is 0 Å². The van der Waals surface area contributed by atoms with Crippen molar-refractivity contribution in [2.75, 3.05) is 0 Å². The van der Waals surface area contributed by atoms with E-state index in [1.54, 1.807) is 0 Å². The van der Waals surface area contributed by atoms with Gasteiger partial charge in [-0.05, 0) is 12.1 Å². The van der Waals surface area contributed by atoms with Gasteiger partial charge in [0.05, 0.1) is 8.07 Å². The van der Waals surface area contributed by atoms with Gasteiger partial charge in [-0.2, -0.15) is 0 Å². The molecule has 0 aliphatic carbocycles. The number of thioether (sulfide) groups is 1. The lowest BCUT2D eigenvalue weighted by Gasteiger charge is -2.24. The average molecular weight is 210 g/mol. The van der Waals surface area contributed by atoms with Crippen LogP contribution in [0.3, 0.4) is 0 Å². The molecule has 0 aromatic heterocycles. The molecule has 0 nitrogen and oxygen atoms in total. The molecule has 1 atom stereocenters. The van der Waals surface area contributed by atoms with Crippen LogP contribution in [0.15, 0.2) is 35.2 Å². The van der Waals surface area contributed by atoms with Crippen LogP contribution in [0.25, 0.3) is 0 Å². The summed E-state index contributed by atoms with van der Waals surface area (Å²) < 4.78 is 0. The van der Waals surface area contributed by atoms with Crippen LogP contribution in [0.2, 0.25) is 19.6 Å². The highest BCUT2D eigenvalue weighted by molar-refractivity contribution is 8.01. The highest BCUT2D eigenvalue weighted by Gasteiger charge is 2.22. The van der Waals surface area contributed by atoms with Crippen molar-refractivity contribution < 1.29 is 0 Å². The topological polar surface area (TPSA) is 0 Å². The van der Waals surface area contributed by atoms with Crippen LogP contribution >= 0.6 is 11.8 Å². The molecular weight excluding hydrogens is 192 g/mol. The minimum Gasteiger partial charge on any atom is -0.126 e. The molecule has 1 unspecified atom stereocenters. The molecule has 13 heavy (non-hydrogen) atoms. The predicted molar refractivity (Wildman–Crippen MR) is 65.1 cm³/mol. The monoisotopic (exact) mass is 210 g/mol. The van der Waals surface area contributed by atoms with E-state index in [1.165, 1.54) is 4.90 Å². The Hall–Kier alpha value is -0.213. The molecule has 0 N–H and O–H groups in total. The fraction of sp³-hybridized carbons (Fsp3) is 0.455. The van der Waals surface area contributed by atoms with E-state index >= 15 is 0 Å². The summed E-state index contributed by atoms with van der Waals surface area (Å²) in [6, 6.07) is 10.7. The molecule has 72 valence electrons. The Morgan fingerprint density at radius 1 is 1.08 bits per heavy atom. The van der Waals surface area contributed by atoms with E-state index in [0.717, 1.165) is 4.87 Å². The zero-order valence-electron chi connectivity index (χ0n) is 8.87. The fourth-order valence-corrected chi connectivity index (χ4v) is 3.42. The van der Waals surface area contributed by atoms with Crippen molar-refractivity contribution in [2.24, 2.45) is 0 Å². The summed E-state index contributed by atoms with van der Waals surface area (Å²) in [7, 11) is -0.980. The van der Waals surface area contributed by atoms with Crippen LogP contribution in [0.4, 0.5) is 0 Å². The van der Waals surface area contributed by atoms with E-state index in [1.807, 2.05) is 11.8 Å². The van der Waals surface area contributed by atoms with Crippen molar-refractivity contribution in [2.45, 2.75) is 36.3 Å². The van der Waals surface area contributed by atoms with Crippen LogP contribution < -0.4 is 0 Å². The van der Waals surface area contributed by atoms with Gasteiger partial charge in [-0.1, -0.05) is 44.8 Å². The zero-order chi connectivity index (χ0) is 9.90. The second kappa shape index (κ2) is 4.34. The van der Waals surface area contributed by atoms with E-state index in [0.29, 0.717) is 0 Å². The maximum Gasteiger partial charge on any atom is 0.0588 e. The summed E-state index contributed by atoms with van der Waals surface area (Å²) in [6.07, 6.45) is 0. The molecule has 0 saturated heterocycles. The number of benzene rings is 1. The molecule has 0 fully saturated rings. The zero-order valence-corrected chi connectivity index (χ0v) is 10.7. The number of rotatable bonds is 3. The van der Waals surface area contributed by atoms with E-state index in [2.05, 4.69) is 56.9 Å². The minimum absolute atomic E-state index is 0.787. The Morgan fingerprint density at radius 3 is 2.08 bits per heavy atom. The van der Waals surface area contributed by atoms with Crippen molar-refractivity contribution in [3.05, 3.63) is 30.3 Å². The summed E-state index contributed by atoms with van der Waals surface area (Å²) in [5, 5.41) is 0. The van der Waals surface area contributed by atoms with Gasteiger partial charge in [0.15, 0.2) is 0 Å². The molecule has 1 rings (SSSR count). The quantitative estimate of drug-likeness (QED) is 0.536. The first kappa shape index (κ1) is 10.9. The molecule has 2 heteroatoms. The van der Waals surface area contributed by atoms with Crippen LogP contribution in [0.1, 0.15) is 6.92 Å². The van der Waals surface area contributed by atoms with Gasteiger partial charge in [0.1, 0.15) is 0 Å². The highest BCUT2D eigenvalue weighted by atomic mass is 32.2. The normalized spacial score (nSPS) is 14.2. The summed E-state index contributed by atoms with van der Waals surface area (Å²) in [6.45, 7) is 9.62. The first-order valence-electron chi connectivity index (χ1n) is 4.72. The smallest absolute Gasteiger partial charge is 0.0588 e. The number of hydrogen-bond acceptors (Lipinski definition) is 1. The minimum atomic E-state index is -0.980. The Bertz CT molecular complexity index is 251. The second-order valence-corrected chi connectivity index (χ2v) is 11.9. The lowest BCUT2D eigenvalue weighted by atomic mass is 10.4. The maximum atomic E-state index is 2.42. The molecule has 0 heterocycles. The predicted octanol–water partition coefficient (Wildman–Crippen LogP) is 4.04. The Labute approximate surface area is 86.8 Å². The summed E-state index contributed by atoms with van der Waals surface area (Å²) in [4.78, 5) is 2.19. The summed E-state index contributed by atoms with van der Waals surface area (Å²) in [5.41, 5.74) is 0. The third-order valence-electron chi connectivity index (χ3n) is 2.28. The van der Waals surface area contributed by atoms with Gasteiger partial charge in [0.25, 0.3) is 0 Å². The SMILES string of the molecule is CC(Sc1ccccc1)[Si](C)(C)C.